The van der Waals surface area contributed by atoms with E-state index in [9.17, 15) is 0 Å². The van der Waals surface area contributed by atoms with Crippen LogP contribution in [0.3, 0.4) is 0 Å². The fourth-order valence-corrected chi connectivity index (χ4v) is 5.22. The molecule has 0 bridgehead atoms. The molecule has 0 N–H and O–H groups in total. The van der Waals surface area contributed by atoms with Crippen LogP contribution >= 0.6 is 0 Å². The highest BCUT2D eigenvalue weighted by atomic mass is 16.5. The highest BCUT2D eigenvalue weighted by molar-refractivity contribution is 5.73. The highest BCUT2D eigenvalue weighted by Gasteiger charge is 2.18. The largest absolute Gasteiger partial charge is 0.494 e. The van der Waals surface area contributed by atoms with Gasteiger partial charge in [-0.3, -0.25) is 0 Å². The fourth-order valence-electron chi connectivity index (χ4n) is 5.22. The van der Waals surface area contributed by atoms with Gasteiger partial charge in [0.2, 0.25) is 5.88 Å². The molecule has 0 saturated heterocycles. The molecule has 0 spiro atoms. The molecule has 3 nitrogen and oxygen atoms in total. The number of pyridine rings is 1. The van der Waals surface area contributed by atoms with E-state index in [1.165, 1.54) is 112 Å². The Kier molecular flexibility index (Phi) is 13.8. The Balaban J connectivity index is 1.36. The first kappa shape index (κ1) is 28.5. The normalized spacial score (nSPS) is 12.3. The number of benzene rings is 1. The van der Waals surface area contributed by atoms with Crippen LogP contribution < -0.4 is 9.47 Å². The van der Waals surface area contributed by atoms with Crippen molar-refractivity contribution in [1.82, 2.24) is 4.98 Å². The van der Waals surface area contributed by atoms with Crippen molar-refractivity contribution in [1.29, 1.82) is 0 Å². The Hall–Kier alpha value is -2.03. The van der Waals surface area contributed by atoms with E-state index in [-0.39, 0.29) is 0 Å². The van der Waals surface area contributed by atoms with Gasteiger partial charge in [-0.1, -0.05) is 110 Å². The summed E-state index contributed by atoms with van der Waals surface area (Å²) >= 11 is 0. The second-order valence-corrected chi connectivity index (χ2v) is 10.6. The van der Waals surface area contributed by atoms with Crippen molar-refractivity contribution in [3.05, 3.63) is 41.6 Å². The van der Waals surface area contributed by atoms with Gasteiger partial charge >= 0.3 is 0 Å². The third-order valence-corrected chi connectivity index (χ3v) is 7.46. The van der Waals surface area contributed by atoms with Crippen molar-refractivity contribution in [3.63, 3.8) is 0 Å². The van der Waals surface area contributed by atoms with Gasteiger partial charge in [-0.2, -0.15) is 0 Å². The molecule has 0 atom stereocenters. The maximum Gasteiger partial charge on any atom is 0.213 e. The standard InChI is InChI=1S/C33H51NO2/c1-3-5-7-9-11-12-14-15-17-25-35-29-20-21-30-28(27-29)19-23-32-31(30)22-24-33(34-32)36-26-18-16-13-10-8-6-4-2/h20-22,24,27H,3-19,23,25-26H2,1-2H3. The molecule has 0 fully saturated rings. The summed E-state index contributed by atoms with van der Waals surface area (Å²) < 4.78 is 12.1. The number of unbranched alkanes of at least 4 members (excludes halogenated alkanes) is 14. The van der Waals surface area contributed by atoms with Crippen LogP contribution in [-0.4, -0.2) is 18.2 Å². The number of nitrogens with zero attached hydrogens (tertiary/aromatic N) is 1. The molecule has 36 heavy (non-hydrogen) atoms. The SMILES string of the molecule is CCCCCCCCCCCOc1ccc2c(c1)CCc1nc(OCCCCCCCCC)ccc1-2. The summed E-state index contributed by atoms with van der Waals surface area (Å²) in [5, 5.41) is 0. The van der Waals surface area contributed by atoms with E-state index >= 15 is 0 Å². The van der Waals surface area contributed by atoms with Crippen molar-refractivity contribution in [2.45, 2.75) is 129 Å². The van der Waals surface area contributed by atoms with E-state index in [1.807, 2.05) is 6.07 Å². The first-order chi connectivity index (χ1) is 17.8. The smallest absolute Gasteiger partial charge is 0.213 e. The van der Waals surface area contributed by atoms with Crippen LogP contribution in [0.25, 0.3) is 11.1 Å². The first-order valence-corrected chi connectivity index (χ1v) is 15.2. The van der Waals surface area contributed by atoms with E-state index in [0.717, 1.165) is 50.5 Å². The van der Waals surface area contributed by atoms with Crippen LogP contribution in [0.15, 0.2) is 30.3 Å². The summed E-state index contributed by atoms with van der Waals surface area (Å²) in [5.41, 5.74) is 5.11. The zero-order valence-corrected chi connectivity index (χ0v) is 23.3. The summed E-state index contributed by atoms with van der Waals surface area (Å²) in [7, 11) is 0. The monoisotopic (exact) mass is 493 g/mol. The number of hydrogen-bond acceptors (Lipinski definition) is 3. The number of ether oxygens (including phenoxy) is 2. The van der Waals surface area contributed by atoms with Crippen LogP contribution in [0, 0.1) is 0 Å². The lowest BCUT2D eigenvalue weighted by Crippen LogP contribution is -2.08. The van der Waals surface area contributed by atoms with Crippen LogP contribution in [0.2, 0.25) is 0 Å². The third-order valence-electron chi connectivity index (χ3n) is 7.46. The number of rotatable bonds is 20. The Morgan fingerprint density at radius 2 is 1.14 bits per heavy atom. The van der Waals surface area contributed by atoms with Crippen molar-refractivity contribution in [2.24, 2.45) is 0 Å². The number of aromatic nitrogens is 1. The summed E-state index contributed by atoms with van der Waals surface area (Å²) in [5.74, 6) is 1.79. The van der Waals surface area contributed by atoms with Gasteiger partial charge in [-0.15, -0.1) is 0 Å². The molecular formula is C33H51NO2. The Morgan fingerprint density at radius 3 is 1.78 bits per heavy atom. The minimum Gasteiger partial charge on any atom is -0.494 e. The van der Waals surface area contributed by atoms with Gasteiger partial charge in [0.25, 0.3) is 0 Å². The number of hydrogen-bond donors (Lipinski definition) is 0. The van der Waals surface area contributed by atoms with Crippen LogP contribution in [0.5, 0.6) is 11.6 Å². The molecule has 1 aromatic carbocycles. The minimum atomic E-state index is 0.774. The summed E-state index contributed by atoms with van der Waals surface area (Å²) in [6.45, 7) is 6.15. The molecule has 1 aliphatic carbocycles. The predicted octanol–water partition coefficient (Wildman–Crippen LogP) is 9.89. The summed E-state index contributed by atoms with van der Waals surface area (Å²) in [6.07, 6.45) is 23.2. The molecule has 0 amide bonds. The van der Waals surface area contributed by atoms with Crippen molar-refractivity contribution in [2.75, 3.05) is 13.2 Å². The zero-order chi connectivity index (χ0) is 25.3. The van der Waals surface area contributed by atoms with Gasteiger partial charge in [0.1, 0.15) is 5.75 Å². The lowest BCUT2D eigenvalue weighted by molar-refractivity contribution is 0.292. The third kappa shape index (κ3) is 10.1. The molecule has 1 aliphatic rings. The number of fused-ring (bicyclic) bond motifs is 3. The van der Waals surface area contributed by atoms with E-state index in [0.29, 0.717) is 0 Å². The first-order valence-electron chi connectivity index (χ1n) is 15.2. The van der Waals surface area contributed by atoms with Crippen LogP contribution in [0.4, 0.5) is 0 Å². The van der Waals surface area contributed by atoms with Crippen molar-refractivity contribution >= 4 is 0 Å². The van der Waals surface area contributed by atoms with Crippen molar-refractivity contribution < 1.29 is 9.47 Å². The van der Waals surface area contributed by atoms with Crippen LogP contribution in [0.1, 0.15) is 128 Å². The second kappa shape index (κ2) is 17.4. The Bertz CT molecular complexity index is 863. The molecule has 0 aliphatic heterocycles. The molecule has 200 valence electrons. The van der Waals surface area contributed by atoms with Crippen molar-refractivity contribution in [3.8, 4) is 22.8 Å². The molecule has 1 heterocycles. The fraction of sp³-hybridized carbons (Fsp3) is 0.667. The second-order valence-electron chi connectivity index (χ2n) is 10.6. The number of aryl methyl sites for hydroxylation is 2. The molecule has 2 aromatic rings. The average Bonchev–Trinajstić information content (AvgIpc) is 2.91. The highest BCUT2D eigenvalue weighted by Crippen LogP contribution is 2.35. The average molecular weight is 494 g/mol. The zero-order valence-electron chi connectivity index (χ0n) is 23.3. The van der Waals surface area contributed by atoms with E-state index in [2.05, 4.69) is 38.1 Å². The van der Waals surface area contributed by atoms with E-state index < -0.39 is 0 Å². The van der Waals surface area contributed by atoms with Gasteiger partial charge in [0.05, 0.1) is 18.9 Å². The van der Waals surface area contributed by atoms with E-state index in [4.69, 9.17) is 14.5 Å². The van der Waals surface area contributed by atoms with Gasteiger partial charge in [0, 0.05) is 11.6 Å². The topological polar surface area (TPSA) is 31.4 Å². The molecule has 0 saturated carbocycles. The van der Waals surface area contributed by atoms with Crippen LogP contribution in [-0.2, 0) is 12.8 Å². The maximum absolute atomic E-state index is 6.09. The molecular weight excluding hydrogens is 442 g/mol. The van der Waals surface area contributed by atoms with E-state index in [1.54, 1.807) is 0 Å². The lowest BCUT2D eigenvalue weighted by atomic mass is 9.88. The van der Waals surface area contributed by atoms with Gasteiger partial charge < -0.3 is 9.47 Å². The molecule has 1 aromatic heterocycles. The summed E-state index contributed by atoms with van der Waals surface area (Å²) in [6, 6.07) is 10.8. The molecule has 3 rings (SSSR count). The quantitative estimate of drug-likeness (QED) is 0.172. The lowest BCUT2D eigenvalue weighted by Gasteiger charge is -2.20. The maximum atomic E-state index is 6.09. The van der Waals surface area contributed by atoms with Gasteiger partial charge in [0.15, 0.2) is 0 Å². The predicted molar refractivity (Wildman–Crippen MR) is 153 cm³/mol. The Labute approximate surface area is 221 Å². The van der Waals surface area contributed by atoms with Gasteiger partial charge in [-0.05, 0) is 55.0 Å². The minimum absolute atomic E-state index is 0.774. The van der Waals surface area contributed by atoms with Gasteiger partial charge in [-0.25, -0.2) is 4.98 Å². The molecule has 0 unspecified atom stereocenters. The molecule has 3 heteroatoms. The summed E-state index contributed by atoms with van der Waals surface area (Å²) in [4.78, 5) is 4.85. The molecule has 0 radical (unpaired) electrons. The Morgan fingerprint density at radius 1 is 0.583 bits per heavy atom.